The third kappa shape index (κ3) is 4.60. The first-order chi connectivity index (χ1) is 10.7. The number of nitrogens with one attached hydrogen (secondary N) is 1. The molecule has 1 atom stereocenters. The number of aliphatic hydroxyl groups excluding tert-OH is 1. The van der Waals surface area contributed by atoms with Gasteiger partial charge in [0.2, 0.25) is 5.91 Å². The molecular formula is C18H21NO3. The fourth-order valence-electron chi connectivity index (χ4n) is 2.18. The molecule has 2 N–H and O–H groups in total. The highest BCUT2D eigenvalue weighted by Crippen LogP contribution is 2.18. The number of benzene rings is 2. The summed E-state index contributed by atoms with van der Waals surface area (Å²) in [5.41, 5.74) is 1.67. The highest BCUT2D eigenvalue weighted by atomic mass is 16.5. The first-order valence-corrected chi connectivity index (χ1v) is 7.41. The summed E-state index contributed by atoms with van der Waals surface area (Å²) in [6.45, 7) is 2.89. The van der Waals surface area contributed by atoms with Crippen molar-refractivity contribution < 1.29 is 14.6 Å². The van der Waals surface area contributed by atoms with Gasteiger partial charge in [-0.25, -0.2) is 0 Å². The summed E-state index contributed by atoms with van der Waals surface area (Å²) in [6.07, 6.45) is -0.746. The summed E-state index contributed by atoms with van der Waals surface area (Å²) in [5, 5.41) is 12.9. The number of para-hydroxylation sites is 1. The molecule has 0 aliphatic heterocycles. The molecule has 4 heteroatoms. The molecule has 1 unspecified atom stereocenters. The molecule has 2 aromatic rings. The summed E-state index contributed by atoms with van der Waals surface area (Å²) in [6, 6.07) is 16.8. The smallest absolute Gasteiger partial charge is 0.223 e. The second-order valence-corrected chi connectivity index (χ2v) is 4.95. The molecule has 2 aromatic carbocycles. The molecule has 0 aliphatic rings. The number of rotatable bonds is 7. The second kappa shape index (κ2) is 8.20. The Kier molecular flexibility index (Phi) is 5.98. The van der Waals surface area contributed by atoms with Crippen molar-refractivity contribution >= 4 is 5.91 Å². The molecule has 1 amide bonds. The molecule has 0 radical (unpaired) electrons. The minimum atomic E-state index is -0.789. The van der Waals surface area contributed by atoms with E-state index in [1.807, 2.05) is 61.5 Å². The lowest BCUT2D eigenvalue weighted by Gasteiger charge is -2.13. The Morgan fingerprint density at radius 3 is 2.55 bits per heavy atom. The minimum Gasteiger partial charge on any atom is -0.494 e. The van der Waals surface area contributed by atoms with E-state index >= 15 is 0 Å². The lowest BCUT2D eigenvalue weighted by molar-refractivity contribution is -0.123. The molecule has 0 saturated heterocycles. The highest BCUT2D eigenvalue weighted by molar-refractivity contribution is 5.76. The van der Waals surface area contributed by atoms with E-state index in [2.05, 4.69) is 5.32 Å². The van der Waals surface area contributed by atoms with E-state index in [0.717, 1.165) is 16.9 Å². The van der Waals surface area contributed by atoms with Crippen LogP contribution >= 0.6 is 0 Å². The topological polar surface area (TPSA) is 58.6 Å². The van der Waals surface area contributed by atoms with Crippen LogP contribution in [0, 0.1) is 0 Å². The van der Waals surface area contributed by atoms with Crippen LogP contribution < -0.4 is 10.1 Å². The summed E-state index contributed by atoms with van der Waals surface area (Å²) in [4.78, 5) is 12.0. The maximum atomic E-state index is 12.0. The van der Waals surface area contributed by atoms with Crippen molar-refractivity contribution in [3.05, 3.63) is 65.7 Å². The molecule has 4 nitrogen and oxygen atoms in total. The van der Waals surface area contributed by atoms with Gasteiger partial charge in [0, 0.05) is 12.1 Å². The van der Waals surface area contributed by atoms with Crippen LogP contribution in [0.15, 0.2) is 54.6 Å². The van der Waals surface area contributed by atoms with Crippen molar-refractivity contribution in [1.29, 1.82) is 0 Å². The van der Waals surface area contributed by atoms with E-state index in [4.69, 9.17) is 4.74 Å². The number of carbonyl (C=O) groups excluding carboxylic acids is 1. The van der Waals surface area contributed by atoms with Crippen LogP contribution in [0.5, 0.6) is 5.75 Å². The summed E-state index contributed by atoms with van der Waals surface area (Å²) < 4.78 is 5.52. The van der Waals surface area contributed by atoms with E-state index in [-0.39, 0.29) is 12.3 Å². The molecule has 0 aromatic heterocycles. The van der Waals surface area contributed by atoms with Crippen molar-refractivity contribution in [1.82, 2.24) is 5.32 Å². The Hall–Kier alpha value is -2.33. The zero-order valence-corrected chi connectivity index (χ0v) is 12.7. The third-order valence-electron chi connectivity index (χ3n) is 3.31. The molecule has 0 spiro atoms. The monoisotopic (exact) mass is 299 g/mol. The average Bonchev–Trinajstić information content (AvgIpc) is 2.55. The van der Waals surface area contributed by atoms with E-state index in [1.165, 1.54) is 0 Å². The number of aliphatic hydroxyl groups is 1. The molecular weight excluding hydrogens is 278 g/mol. The number of hydrogen-bond acceptors (Lipinski definition) is 3. The molecule has 22 heavy (non-hydrogen) atoms. The maximum Gasteiger partial charge on any atom is 0.223 e. The zero-order chi connectivity index (χ0) is 15.8. The largest absolute Gasteiger partial charge is 0.494 e. The van der Waals surface area contributed by atoms with Gasteiger partial charge in [-0.05, 0) is 18.6 Å². The standard InChI is InChI=1S/C18H21NO3/c1-2-22-17-11-7-6-10-15(17)13-19-18(21)12-16(20)14-8-4-3-5-9-14/h3-11,16,20H,2,12-13H2,1H3,(H,19,21). The predicted molar refractivity (Wildman–Crippen MR) is 85.5 cm³/mol. The first-order valence-electron chi connectivity index (χ1n) is 7.41. The molecule has 116 valence electrons. The van der Waals surface area contributed by atoms with E-state index in [9.17, 15) is 9.90 Å². The Morgan fingerprint density at radius 2 is 1.82 bits per heavy atom. The van der Waals surface area contributed by atoms with Gasteiger partial charge in [0.25, 0.3) is 0 Å². The van der Waals surface area contributed by atoms with Gasteiger partial charge >= 0.3 is 0 Å². The van der Waals surface area contributed by atoms with Crippen molar-refractivity contribution in [2.45, 2.75) is 26.0 Å². The van der Waals surface area contributed by atoms with Crippen LogP contribution in [-0.4, -0.2) is 17.6 Å². The number of hydrogen-bond donors (Lipinski definition) is 2. The van der Waals surface area contributed by atoms with Crippen LogP contribution in [0.1, 0.15) is 30.6 Å². The van der Waals surface area contributed by atoms with E-state index < -0.39 is 6.10 Å². The van der Waals surface area contributed by atoms with E-state index in [0.29, 0.717) is 13.2 Å². The third-order valence-corrected chi connectivity index (χ3v) is 3.31. The molecule has 0 heterocycles. The van der Waals surface area contributed by atoms with Crippen molar-refractivity contribution in [3.63, 3.8) is 0 Å². The molecule has 0 saturated carbocycles. The van der Waals surface area contributed by atoms with Crippen molar-refractivity contribution in [2.24, 2.45) is 0 Å². The second-order valence-electron chi connectivity index (χ2n) is 4.95. The number of ether oxygens (including phenoxy) is 1. The van der Waals surface area contributed by atoms with Gasteiger partial charge in [0.15, 0.2) is 0 Å². The summed E-state index contributed by atoms with van der Waals surface area (Å²) >= 11 is 0. The zero-order valence-electron chi connectivity index (χ0n) is 12.7. The molecule has 0 bridgehead atoms. The van der Waals surface area contributed by atoms with Crippen molar-refractivity contribution in [3.8, 4) is 5.75 Å². The van der Waals surface area contributed by atoms with Crippen LogP contribution in [0.4, 0.5) is 0 Å². The normalized spacial score (nSPS) is 11.7. The summed E-state index contributed by atoms with van der Waals surface area (Å²) in [5.74, 6) is 0.580. The number of amides is 1. The van der Waals surface area contributed by atoms with Gasteiger partial charge in [-0.3, -0.25) is 4.79 Å². The van der Waals surface area contributed by atoms with Gasteiger partial charge < -0.3 is 15.2 Å². The highest BCUT2D eigenvalue weighted by Gasteiger charge is 2.13. The molecule has 0 fully saturated rings. The summed E-state index contributed by atoms with van der Waals surface area (Å²) in [7, 11) is 0. The average molecular weight is 299 g/mol. The van der Waals surface area contributed by atoms with Gasteiger partial charge in [-0.2, -0.15) is 0 Å². The maximum absolute atomic E-state index is 12.0. The first kappa shape index (κ1) is 16.0. The fraction of sp³-hybridized carbons (Fsp3) is 0.278. The Morgan fingerprint density at radius 1 is 1.14 bits per heavy atom. The number of carbonyl (C=O) groups is 1. The minimum absolute atomic E-state index is 0.0425. The van der Waals surface area contributed by atoms with E-state index in [1.54, 1.807) is 0 Å². The Balaban J connectivity index is 1.88. The Labute approximate surface area is 130 Å². The Bertz CT molecular complexity index is 598. The van der Waals surface area contributed by atoms with Crippen LogP contribution in [-0.2, 0) is 11.3 Å². The predicted octanol–water partition coefficient (Wildman–Crippen LogP) is 2.83. The quantitative estimate of drug-likeness (QED) is 0.826. The van der Waals surface area contributed by atoms with Gasteiger partial charge in [0.05, 0.1) is 19.1 Å². The molecule has 0 aliphatic carbocycles. The fourth-order valence-corrected chi connectivity index (χ4v) is 2.18. The van der Waals surface area contributed by atoms with Crippen LogP contribution in [0.2, 0.25) is 0 Å². The van der Waals surface area contributed by atoms with Gasteiger partial charge in [-0.15, -0.1) is 0 Å². The van der Waals surface area contributed by atoms with Crippen LogP contribution in [0.3, 0.4) is 0 Å². The van der Waals surface area contributed by atoms with Gasteiger partial charge in [-0.1, -0.05) is 48.5 Å². The SMILES string of the molecule is CCOc1ccccc1CNC(=O)CC(O)c1ccccc1. The lowest BCUT2D eigenvalue weighted by atomic mass is 10.1. The lowest BCUT2D eigenvalue weighted by Crippen LogP contribution is -2.24. The van der Waals surface area contributed by atoms with Crippen molar-refractivity contribution in [2.75, 3.05) is 6.61 Å². The van der Waals surface area contributed by atoms with Crippen LogP contribution in [0.25, 0.3) is 0 Å². The molecule has 2 rings (SSSR count). The van der Waals surface area contributed by atoms with Gasteiger partial charge in [0.1, 0.15) is 5.75 Å².